The van der Waals surface area contributed by atoms with E-state index in [-0.39, 0.29) is 10.8 Å². The van der Waals surface area contributed by atoms with Crippen molar-refractivity contribution in [2.24, 2.45) is 22.2 Å². The summed E-state index contributed by atoms with van der Waals surface area (Å²) in [5.74, 6) is 0.430. The first-order valence-electron chi connectivity index (χ1n) is 9.47. The summed E-state index contributed by atoms with van der Waals surface area (Å²) in [5, 5.41) is 0. The van der Waals surface area contributed by atoms with Crippen LogP contribution in [0.3, 0.4) is 0 Å². The highest BCUT2D eigenvalue weighted by atomic mass is 16.7. The first-order chi connectivity index (χ1) is 10.9. The van der Waals surface area contributed by atoms with Gasteiger partial charge < -0.3 is 9.47 Å². The lowest BCUT2D eigenvalue weighted by Gasteiger charge is -2.62. The molecule has 1 heterocycles. The van der Waals surface area contributed by atoms with E-state index in [9.17, 15) is 4.79 Å². The molecule has 3 nitrogen and oxygen atoms in total. The number of hydrogen-bond donors (Lipinski definition) is 0. The van der Waals surface area contributed by atoms with E-state index >= 15 is 0 Å². The van der Waals surface area contributed by atoms with Crippen molar-refractivity contribution in [2.45, 2.75) is 71.0 Å². The van der Waals surface area contributed by atoms with Crippen LogP contribution in [0.15, 0.2) is 11.6 Å². The third-order valence-corrected chi connectivity index (χ3v) is 8.45. The first kappa shape index (κ1) is 14.7. The van der Waals surface area contributed by atoms with Gasteiger partial charge >= 0.3 is 0 Å². The minimum absolute atomic E-state index is 0.0865. The third kappa shape index (κ3) is 1.52. The zero-order chi connectivity index (χ0) is 15.9. The van der Waals surface area contributed by atoms with E-state index < -0.39 is 5.79 Å². The van der Waals surface area contributed by atoms with Crippen molar-refractivity contribution in [1.29, 1.82) is 0 Å². The van der Waals surface area contributed by atoms with Gasteiger partial charge in [0.05, 0.1) is 13.2 Å². The van der Waals surface area contributed by atoms with E-state index in [4.69, 9.17) is 9.47 Å². The predicted molar refractivity (Wildman–Crippen MR) is 86.8 cm³/mol. The molecule has 3 saturated carbocycles. The second-order valence-corrected chi connectivity index (χ2v) is 9.21. The molecule has 0 N–H and O–H groups in total. The van der Waals surface area contributed by atoms with Crippen molar-refractivity contribution in [3.05, 3.63) is 11.6 Å². The molecule has 0 aromatic carbocycles. The average Bonchev–Trinajstić information content (AvgIpc) is 3.11. The molecule has 23 heavy (non-hydrogen) atoms. The maximum atomic E-state index is 12.9. The third-order valence-electron chi connectivity index (χ3n) is 8.45. The van der Waals surface area contributed by atoms with Gasteiger partial charge in [-0.05, 0) is 55.4 Å². The SMILES string of the molecule is C[C@]12CC[C@]3(C1)[C@@H](CC(=O)C1=CCCC[C@@]13C)CC21OCCO1. The van der Waals surface area contributed by atoms with E-state index in [2.05, 4.69) is 19.9 Å². The van der Waals surface area contributed by atoms with Gasteiger partial charge in [-0.25, -0.2) is 0 Å². The topological polar surface area (TPSA) is 35.5 Å². The summed E-state index contributed by atoms with van der Waals surface area (Å²) in [5.41, 5.74) is 1.67. The Bertz CT molecular complexity index is 602. The number of carbonyl (C=O) groups excluding carboxylic acids is 1. The van der Waals surface area contributed by atoms with Crippen molar-refractivity contribution in [2.75, 3.05) is 13.2 Å². The van der Waals surface area contributed by atoms with Gasteiger partial charge in [-0.3, -0.25) is 4.79 Å². The monoisotopic (exact) mass is 316 g/mol. The van der Waals surface area contributed by atoms with Crippen molar-refractivity contribution in [3.63, 3.8) is 0 Å². The number of ether oxygens (including phenoxy) is 2. The molecule has 5 aliphatic rings. The summed E-state index contributed by atoms with van der Waals surface area (Å²) in [7, 11) is 0. The van der Waals surface area contributed by atoms with Crippen LogP contribution in [0.4, 0.5) is 0 Å². The van der Waals surface area contributed by atoms with Crippen LogP contribution in [0.2, 0.25) is 0 Å². The molecule has 5 rings (SSSR count). The van der Waals surface area contributed by atoms with Crippen LogP contribution in [0.25, 0.3) is 0 Å². The fourth-order valence-corrected chi connectivity index (χ4v) is 7.26. The van der Waals surface area contributed by atoms with Gasteiger partial charge in [0.25, 0.3) is 0 Å². The van der Waals surface area contributed by atoms with Crippen molar-refractivity contribution >= 4 is 5.78 Å². The molecule has 2 bridgehead atoms. The molecule has 0 aromatic rings. The van der Waals surface area contributed by atoms with Crippen molar-refractivity contribution < 1.29 is 14.3 Å². The maximum Gasteiger partial charge on any atom is 0.174 e. The van der Waals surface area contributed by atoms with Crippen molar-refractivity contribution in [3.8, 4) is 0 Å². The van der Waals surface area contributed by atoms with Gasteiger partial charge in [0.15, 0.2) is 11.6 Å². The highest BCUT2D eigenvalue weighted by molar-refractivity contribution is 5.98. The Hall–Kier alpha value is -0.670. The Morgan fingerprint density at radius 3 is 2.70 bits per heavy atom. The van der Waals surface area contributed by atoms with E-state index in [0.717, 1.165) is 12.8 Å². The summed E-state index contributed by atoms with van der Waals surface area (Å²) >= 11 is 0. The lowest BCUT2D eigenvalue weighted by atomic mass is 9.43. The summed E-state index contributed by atoms with van der Waals surface area (Å²) in [6.07, 6.45) is 11.0. The van der Waals surface area contributed by atoms with Crippen LogP contribution in [0, 0.1) is 22.2 Å². The molecule has 2 spiro atoms. The Morgan fingerprint density at radius 1 is 1.13 bits per heavy atom. The van der Waals surface area contributed by atoms with E-state index in [0.29, 0.717) is 36.8 Å². The summed E-state index contributed by atoms with van der Waals surface area (Å²) in [4.78, 5) is 12.9. The summed E-state index contributed by atoms with van der Waals surface area (Å²) < 4.78 is 12.4. The van der Waals surface area contributed by atoms with Gasteiger partial charge in [0.1, 0.15) is 0 Å². The minimum atomic E-state index is -0.413. The molecule has 126 valence electrons. The van der Waals surface area contributed by atoms with Gasteiger partial charge in [0, 0.05) is 23.7 Å². The van der Waals surface area contributed by atoms with Gasteiger partial charge in [-0.2, -0.15) is 0 Å². The normalized spacial score (nSPS) is 50.6. The summed E-state index contributed by atoms with van der Waals surface area (Å²) in [6, 6.07) is 0. The van der Waals surface area contributed by atoms with Crippen LogP contribution < -0.4 is 0 Å². The van der Waals surface area contributed by atoms with Gasteiger partial charge in [0.2, 0.25) is 0 Å². The molecule has 1 saturated heterocycles. The van der Waals surface area contributed by atoms with Gasteiger partial charge in [-0.15, -0.1) is 0 Å². The standard InChI is InChI=1S/C20H28O3/c1-17-7-8-19(13-17)14(12-20(17)22-9-10-23-20)11-16(21)15-5-3-4-6-18(15,19)2/h5,14H,3-4,6-13H2,1-2H3/t14-,17-,18-,19-/m0/s1. The van der Waals surface area contributed by atoms with Crippen LogP contribution in [0.5, 0.6) is 0 Å². The van der Waals surface area contributed by atoms with Crippen LogP contribution in [-0.4, -0.2) is 24.8 Å². The Labute approximate surface area is 138 Å². The maximum absolute atomic E-state index is 12.9. The molecule has 4 atom stereocenters. The number of carbonyl (C=O) groups is 1. The molecular formula is C20H28O3. The molecule has 0 unspecified atom stereocenters. The minimum Gasteiger partial charge on any atom is -0.347 e. The highest BCUT2D eigenvalue weighted by Crippen LogP contribution is 2.75. The Kier molecular flexibility index (Phi) is 2.73. The average molecular weight is 316 g/mol. The number of Topliss-reactive ketones (excluding diaryl/α,β-unsaturated/α-hetero) is 1. The first-order valence-corrected chi connectivity index (χ1v) is 9.47. The second kappa shape index (κ2) is 4.29. The molecular weight excluding hydrogens is 288 g/mol. The molecule has 4 fully saturated rings. The van der Waals surface area contributed by atoms with Crippen LogP contribution >= 0.6 is 0 Å². The quantitative estimate of drug-likeness (QED) is 0.677. The van der Waals surface area contributed by atoms with Gasteiger partial charge in [-0.1, -0.05) is 19.9 Å². The van der Waals surface area contributed by atoms with Crippen LogP contribution in [0.1, 0.15) is 65.2 Å². The number of ketones is 1. The molecule has 0 aromatic heterocycles. The predicted octanol–water partition coefficient (Wildman–Crippen LogP) is 4.02. The lowest BCUT2D eigenvalue weighted by molar-refractivity contribution is -0.272. The largest absolute Gasteiger partial charge is 0.347 e. The Balaban J connectivity index is 1.65. The number of hydrogen-bond acceptors (Lipinski definition) is 3. The van der Waals surface area contributed by atoms with E-state index in [1.54, 1.807) is 0 Å². The molecule has 4 aliphatic carbocycles. The number of rotatable bonds is 0. The van der Waals surface area contributed by atoms with E-state index in [1.165, 1.54) is 37.7 Å². The summed E-state index contributed by atoms with van der Waals surface area (Å²) in [6.45, 7) is 6.22. The molecule has 1 aliphatic heterocycles. The second-order valence-electron chi connectivity index (χ2n) is 9.21. The fraction of sp³-hybridized carbons (Fsp3) is 0.850. The zero-order valence-electron chi connectivity index (χ0n) is 14.5. The lowest BCUT2D eigenvalue weighted by Crippen LogP contribution is -2.60. The zero-order valence-corrected chi connectivity index (χ0v) is 14.5. The fourth-order valence-electron chi connectivity index (χ4n) is 7.26. The van der Waals surface area contributed by atoms with Crippen LogP contribution in [-0.2, 0) is 14.3 Å². The Morgan fingerprint density at radius 2 is 1.91 bits per heavy atom. The molecule has 3 heteroatoms. The smallest absolute Gasteiger partial charge is 0.174 e. The van der Waals surface area contributed by atoms with E-state index in [1.807, 2.05) is 0 Å². The number of allylic oxidation sites excluding steroid dienone is 2. The highest BCUT2D eigenvalue weighted by Gasteiger charge is 2.73. The number of fused-ring (bicyclic) bond motifs is 3. The van der Waals surface area contributed by atoms with Crippen molar-refractivity contribution in [1.82, 2.24) is 0 Å². The molecule has 0 radical (unpaired) electrons. The molecule has 0 amide bonds.